The highest BCUT2D eigenvalue weighted by Crippen LogP contribution is 2.37. The van der Waals surface area contributed by atoms with E-state index in [-0.39, 0.29) is 35.8 Å². The van der Waals surface area contributed by atoms with Gasteiger partial charge in [0.2, 0.25) is 9.84 Å². The van der Waals surface area contributed by atoms with Crippen molar-refractivity contribution in [2.45, 2.75) is 29.0 Å². The topological polar surface area (TPSA) is 114 Å². The average molecular weight is 477 g/mol. The number of sulfone groups is 1. The van der Waals surface area contributed by atoms with Crippen LogP contribution in [0.3, 0.4) is 0 Å². The molecule has 3 heterocycles. The van der Waals surface area contributed by atoms with Gasteiger partial charge in [-0.25, -0.2) is 27.2 Å². The Morgan fingerprint density at radius 3 is 2.66 bits per heavy atom. The number of hydrogen-bond acceptors (Lipinski definition) is 7. The number of ether oxygens (including phenoxy) is 1. The molecular formula is C18H16F5N5O3S. The molecule has 0 saturated carbocycles. The number of aryl methyl sites for hydroxylation is 1. The van der Waals surface area contributed by atoms with E-state index >= 15 is 0 Å². The van der Waals surface area contributed by atoms with Crippen LogP contribution in [0.2, 0.25) is 0 Å². The Bertz CT molecular complexity index is 1310. The molecule has 32 heavy (non-hydrogen) atoms. The molecule has 0 bridgehead atoms. The predicted octanol–water partition coefficient (Wildman–Crippen LogP) is 2.73. The fourth-order valence-electron chi connectivity index (χ4n) is 3.49. The summed E-state index contributed by atoms with van der Waals surface area (Å²) in [5.41, 5.74) is 5.57. The van der Waals surface area contributed by atoms with E-state index in [9.17, 15) is 30.4 Å². The number of benzene rings is 1. The van der Waals surface area contributed by atoms with E-state index in [2.05, 4.69) is 15.0 Å². The van der Waals surface area contributed by atoms with Crippen molar-refractivity contribution < 1.29 is 35.1 Å². The fraction of sp³-hybridized carbons (Fsp3) is 0.333. The number of nitrogen functional groups attached to an aromatic ring is 1. The van der Waals surface area contributed by atoms with Gasteiger partial charge in [-0.2, -0.15) is 13.2 Å². The van der Waals surface area contributed by atoms with Crippen LogP contribution in [0.15, 0.2) is 28.0 Å². The zero-order valence-corrected chi connectivity index (χ0v) is 17.2. The lowest BCUT2D eigenvalue weighted by atomic mass is 10.2. The van der Waals surface area contributed by atoms with E-state index in [0.717, 1.165) is 6.07 Å². The van der Waals surface area contributed by atoms with Crippen molar-refractivity contribution in [1.82, 2.24) is 15.0 Å². The number of anilines is 2. The molecule has 4 rings (SSSR count). The second-order valence-electron chi connectivity index (χ2n) is 7.11. The molecule has 0 unspecified atom stereocenters. The number of halogens is 5. The molecule has 1 saturated heterocycles. The number of aromatic nitrogens is 3. The lowest BCUT2D eigenvalue weighted by molar-refractivity contribution is -0.221. The second kappa shape index (κ2) is 7.55. The molecule has 1 fully saturated rings. The average Bonchev–Trinajstić information content (AvgIpc) is 3.04. The van der Waals surface area contributed by atoms with Gasteiger partial charge in [0.1, 0.15) is 44.1 Å². The summed E-state index contributed by atoms with van der Waals surface area (Å²) in [5.74, 6) is -2.60. The first-order chi connectivity index (χ1) is 14.9. The quantitative estimate of drug-likeness (QED) is 0.558. The van der Waals surface area contributed by atoms with Gasteiger partial charge in [0.15, 0.2) is 11.9 Å². The lowest BCUT2D eigenvalue weighted by Gasteiger charge is -2.34. The van der Waals surface area contributed by atoms with Crippen LogP contribution < -0.4 is 10.6 Å². The Balaban J connectivity index is 1.89. The van der Waals surface area contributed by atoms with Crippen molar-refractivity contribution in [2.24, 2.45) is 0 Å². The first kappa shape index (κ1) is 22.2. The number of fused-ring (bicyclic) bond motifs is 1. The molecule has 3 N–H and O–H groups in total. The number of rotatable bonds is 3. The molecule has 2 aromatic heterocycles. The second-order valence-corrected chi connectivity index (χ2v) is 8.97. The monoisotopic (exact) mass is 477 g/mol. The Hall–Kier alpha value is -3.00. The maximum absolute atomic E-state index is 14.2. The summed E-state index contributed by atoms with van der Waals surface area (Å²) in [4.78, 5) is 10.5. The molecule has 1 aliphatic heterocycles. The van der Waals surface area contributed by atoms with Gasteiger partial charge < -0.3 is 20.4 Å². The summed E-state index contributed by atoms with van der Waals surface area (Å²) in [6.07, 6.45) is -6.68. The van der Waals surface area contributed by atoms with Crippen molar-refractivity contribution in [3.05, 3.63) is 35.7 Å². The van der Waals surface area contributed by atoms with Crippen molar-refractivity contribution in [3.63, 3.8) is 0 Å². The molecule has 0 spiro atoms. The number of morpholine rings is 1. The highest BCUT2D eigenvalue weighted by molar-refractivity contribution is 7.92. The summed E-state index contributed by atoms with van der Waals surface area (Å²) >= 11 is 0. The van der Waals surface area contributed by atoms with Crippen LogP contribution >= 0.6 is 0 Å². The SMILES string of the molecule is Cc1nc(N2CCO[C@@H](C(F)(F)F)C2)c2[nH]c(N)c(S(=O)(=O)c3cc(F)ccc3F)c2n1. The minimum absolute atomic E-state index is 0.0158. The molecule has 1 aliphatic rings. The van der Waals surface area contributed by atoms with Crippen LogP contribution in [0.4, 0.5) is 33.6 Å². The largest absolute Gasteiger partial charge is 0.416 e. The molecule has 0 amide bonds. The number of nitrogens with one attached hydrogen (secondary N) is 1. The van der Waals surface area contributed by atoms with Gasteiger partial charge in [-0.05, 0) is 25.1 Å². The minimum atomic E-state index is -4.69. The molecule has 1 atom stereocenters. The Kier molecular flexibility index (Phi) is 5.24. The highest BCUT2D eigenvalue weighted by atomic mass is 32.2. The Morgan fingerprint density at radius 2 is 1.97 bits per heavy atom. The van der Waals surface area contributed by atoms with Crippen LogP contribution in [0.5, 0.6) is 0 Å². The number of H-pyrrole nitrogens is 1. The maximum Gasteiger partial charge on any atom is 0.416 e. The summed E-state index contributed by atoms with van der Waals surface area (Å²) in [5, 5.41) is 0. The minimum Gasteiger partial charge on any atom is -0.384 e. The van der Waals surface area contributed by atoms with E-state index in [4.69, 9.17) is 10.5 Å². The highest BCUT2D eigenvalue weighted by Gasteiger charge is 2.44. The molecule has 14 heteroatoms. The fourth-order valence-corrected chi connectivity index (χ4v) is 5.05. The van der Waals surface area contributed by atoms with Gasteiger partial charge >= 0.3 is 6.18 Å². The first-order valence-electron chi connectivity index (χ1n) is 9.18. The Labute approximate surface area is 178 Å². The van der Waals surface area contributed by atoms with Gasteiger partial charge in [0.25, 0.3) is 0 Å². The van der Waals surface area contributed by atoms with Crippen molar-refractivity contribution in [2.75, 3.05) is 30.3 Å². The van der Waals surface area contributed by atoms with E-state index < -0.39 is 55.9 Å². The van der Waals surface area contributed by atoms with Crippen LogP contribution in [0.25, 0.3) is 11.0 Å². The van der Waals surface area contributed by atoms with Crippen LogP contribution in [-0.4, -0.2) is 55.3 Å². The lowest BCUT2D eigenvalue weighted by Crippen LogP contribution is -2.49. The van der Waals surface area contributed by atoms with Crippen LogP contribution in [0.1, 0.15) is 5.82 Å². The summed E-state index contributed by atoms with van der Waals surface area (Å²) in [6, 6.07) is 1.92. The van der Waals surface area contributed by atoms with Gasteiger partial charge in [-0.15, -0.1) is 0 Å². The maximum atomic E-state index is 14.2. The van der Waals surface area contributed by atoms with E-state index in [1.54, 1.807) is 0 Å². The third kappa shape index (κ3) is 3.72. The van der Waals surface area contributed by atoms with Crippen molar-refractivity contribution in [1.29, 1.82) is 0 Å². The number of nitrogens with zero attached hydrogens (tertiary/aromatic N) is 3. The number of hydrogen-bond donors (Lipinski definition) is 2. The summed E-state index contributed by atoms with van der Waals surface area (Å²) < 4.78 is 98.4. The van der Waals surface area contributed by atoms with Crippen LogP contribution in [0, 0.1) is 18.6 Å². The molecule has 8 nitrogen and oxygen atoms in total. The third-order valence-corrected chi connectivity index (χ3v) is 6.75. The predicted molar refractivity (Wildman–Crippen MR) is 103 cm³/mol. The summed E-state index contributed by atoms with van der Waals surface area (Å²) in [6.45, 7) is 0.615. The smallest absolute Gasteiger partial charge is 0.384 e. The number of alkyl halides is 3. The van der Waals surface area contributed by atoms with Crippen molar-refractivity contribution >= 4 is 32.5 Å². The first-order valence-corrected chi connectivity index (χ1v) is 10.7. The molecule has 0 radical (unpaired) electrons. The van der Waals surface area contributed by atoms with Gasteiger partial charge in [0, 0.05) is 6.54 Å². The van der Waals surface area contributed by atoms with Gasteiger partial charge in [0.05, 0.1) is 13.2 Å². The Morgan fingerprint density at radius 1 is 1.25 bits per heavy atom. The van der Waals surface area contributed by atoms with Gasteiger partial charge in [-0.1, -0.05) is 0 Å². The molecule has 1 aromatic carbocycles. The van der Waals surface area contributed by atoms with E-state index in [1.165, 1.54) is 11.8 Å². The van der Waals surface area contributed by atoms with E-state index in [0.29, 0.717) is 12.1 Å². The molecular weight excluding hydrogens is 461 g/mol. The standard InChI is InChI=1S/C18H16F5N5O3S/c1-8-25-13-14(17(26-8)28-4-5-31-12(7-28)18(21,22)23)27-16(24)15(13)32(29,30)11-6-9(19)2-3-10(11)20/h2-3,6,12,27H,4-5,7,24H2,1H3/t12-/m1/s1. The number of aromatic amines is 1. The molecule has 172 valence electrons. The summed E-state index contributed by atoms with van der Waals surface area (Å²) in [7, 11) is -4.69. The molecule has 3 aromatic rings. The zero-order chi connectivity index (χ0) is 23.4. The van der Waals surface area contributed by atoms with Crippen LogP contribution in [-0.2, 0) is 14.6 Å². The van der Waals surface area contributed by atoms with Crippen molar-refractivity contribution in [3.8, 4) is 0 Å². The van der Waals surface area contributed by atoms with E-state index in [1.807, 2.05) is 0 Å². The normalized spacial score (nSPS) is 17.8. The third-order valence-electron chi connectivity index (χ3n) is 4.90. The number of nitrogens with two attached hydrogens (primary N) is 1. The zero-order valence-electron chi connectivity index (χ0n) is 16.4. The molecule has 0 aliphatic carbocycles. The van der Waals surface area contributed by atoms with Gasteiger partial charge in [-0.3, -0.25) is 0 Å².